The third-order valence-electron chi connectivity index (χ3n) is 9.07. The minimum absolute atomic E-state index is 0.0248. The van der Waals surface area contributed by atoms with Crippen molar-refractivity contribution in [3.63, 3.8) is 0 Å². The molecule has 274 valence electrons. The highest BCUT2D eigenvalue weighted by atomic mass is 35.5. The summed E-state index contributed by atoms with van der Waals surface area (Å²) in [7, 11) is 3.07. The van der Waals surface area contributed by atoms with E-state index in [2.05, 4.69) is 28.6 Å². The number of unbranched alkanes of at least 4 members (excludes halogenated alkanes) is 2. The van der Waals surface area contributed by atoms with E-state index < -0.39 is 41.6 Å². The van der Waals surface area contributed by atoms with Gasteiger partial charge in [0.05, 0.1) is 25.8 Å². The number of hydrogen-bond donors (Lipinski definition) is 1. The van der Waals surface area contributed by atoms with Gasteiger partial charge in [0.2, 0.25) is 5.91 Å². The fourth-order valence-corrected chi connectivity index (χ4v) is 6.50. The number of methoxy groups -OCH3 is 1. The van der Waals surface area contributed by atoms with E-state index in [1.165, 1.54) is 18.1 Å². The monoisotopic (exact) mass is 732 g/mol. The molecule has 1 aliphatic carbocycles. The Kier molecular flexibility index (Phi) is 11.2. The Morgan fingerprint density at radius 1 is 1.20 bits per heavy atom. The molecule has 3 aromatic rings. The molecule has 1 saturated carbocycles. The van der Waals surface area contributed by atoms with Crippen molar-refractivity contribution in [2.24, 2.45) is 5.92 Å². The molecule has 1 aliphatic heterocycles. The lowest BCUT2D eigenvalue weighted by Crippen LogP contribution is -2.55. The lowest BCUT2D eigenvalue weighted by Gasteiger charge is -2.29. The second-order valence-electron chi connectivity index (χ2n) is 12.5. The number of nitrogens with one attached hydrogen (secondary N) is 1. The van der Waals surface area contributed by atoms with E-state index in [0.29, 0.717) is 18.4 Å². The summed E-state index contributed by atoms with van der Waals surface area (Å²) in [6.07, 6.45) is 1.77. The number of fused-ring (bicyclic) bond motifs is 1. The molecule has 0 bridgehead atoms. The molecule has 3 heterocycles. The highest BCUT2D eigenvalue weighted by Crippen LogP contribution is 2.46. The Bertz CT molecular complexity index is 1820. The predicted molar refractivity (Wildman–Crippen MR) is 183 cm³/mol. The maximum absolute atomic E-state index is 13.9. The van der Waals surface area contributed by atoms with Gasteiger partial charge in [0.25, 0.3) is 0 Å². The zero-order valence-electron chi connectivity index (χ0n) is 28.5. The van der Waals surface area contributed by atoms with Gasteiger partial charge in [-0.1, -0.05) is 23.8 Å². The molecule has 2 aliphatic rings. The van der Waals surface area contributed by atoms with Crippen LogP contribution < -0.4 is 14.8 Å². The van der Waals surface area contributed by atoms with E-state index >= 15 is 0 Å². The number of halogens is 4. The van der Waals surface area contributed by atoms with Crippen LogP contribution in [0.3, 0.4) is 0 Å². The van der Waals surface area contributed by atoms with Crippen molar-refractivity contribution in [1.82, 2.24) is 29.9 Å². The Morgan fingerprint density at radius 3 is 2.59 bits per heavy atom. The summed E-state index contributed by atoms with van der Waals surface area (Å²) < 4.78 is 58.3. The zero-order valence-corrected chi connectivity index (χ0v) is 29.3. The van der Waals surface area contributed by atoms with E-state index in [1.807, 2.05) is 0 Å². The number of esters is 1. The van der Waals surface area contributed by atoms with Crippen molar-refractivity contribution in [3.05, 3.63) is 66.5 Å². The fourth-order valence-electron chi connectivity index (χ4n) is 6.22. The molecule has 2 fully saturated rings. The van der Waals surface area contributed by atoms with Crippen molar-refractivity contribution in [2.75, 3.05) is 33.9 Å². The number of aromatic nitrogens is 3. The van der Waals surface area contributed by atoms with Crippen LogP contribution in [0.5, 0.6) is 11.5 Å². The Balaban J connectivity index is 1.48. The minimum atomic E-state index is -4.69. The van der Waals surface area contributed by atoms with Gasteiger partial charge >= 0.3 is 18.2 Å². The number of allylic oxidation sites excluding steroid dienone is 1. The normalized spacial score (nSPS) is 21.2. The molecule has 2 aromatic heterocycles. The molecule has 16 heteroatoms. The number of carbonyl (C=O) groups is 3. The number of urea groups is 1. The molecule has 12 nitrogen and oxygen atoms in total. The number of benzene rings is 1. The van der Waals surface area contributed by atoms with Crippen LogP contribution in [0.2, 0.25) is 5.02 Å². The van der Waals surface area contributed by atoms with Crippen molar-refractivity contribution >= 4 is 40.4 Å². The van der Waals surface area contributed by atoms with Gasteiger partial charge in [0, 0.05) is 43.6 Å². The number of ether oxygens (including phenoxy) is 3. The molecule has 5 rings (SSSR count). The number of hydrogen-bond acceptors (Lipinski definition) is 8. The fraction of sp³-hybridized carbons (Fsp3) is 0.457. The number of likely N-dealkylation sites (N-methyl/N-ethyl adjacent to an activating group) is 1. The van der Waals surface area contributed by atoms with Gasteiger partial charge in [0.1, 0.15) is 34.2 Å². The second-order valence-corrected chi connectivity index (χ2v) is 12.8. The van der Waals surface area contributed by atoms with Gasteiger partial charge in [-0.15, -0.1) is 13.2 Å². The summed E-state index contributed by atoms with van der Waals surface area (Å²) in [4.78, 5) is 48.2. The summed E-state index contributed by atoms with van der Waals surface area (Å²) in [6, 6.07) is 3.85. The first kappa shape index (κ1) is 37.5. The molecule has 0 spiro atoms. The predicted octanol–water partition coefficient (Wildman–Crippen LogP) is 5.96. The first-order valence-corrected chi connectivity index (χ1v) is 16.9. The van der Waals surface area contributed by atoms with Crippen LogP contribution in [0.25, 0.3) is 16.7 Å². The van der Waals surface area contributed by atoms with E-state index in [1.54, 1.807) is 43.2 Å². The maximum atomic E-state index is 13.9. The largest absolute Gasteiger partial charge is 0.495 e. The highest BCUT2D eigenvalue weighted by molar-refractivity contribution is 6.36. The third kappa shape index (κ3) is 7.77. The van der Waals surface area contributed by atoms with Gasteiger partial charge in [-0.05, 0) is 50.8 Å². The Hall–Kier alpha value is -4.79. The van der Waals surface area contributed by atoms with Crippen LogP contribution in [-0.4, -0.2) is 94.0 Å². The number of amides is 3. The lowest BCUT2D eigenvalue weighted by atomic mass is 10.1. The van der Waals surface area contributed by atoms with Crippen LogP contribution in [0.4, 0.5) is 18.0 Å². The Labute approximate surface area is 298 Å². The third-order valence-corrected chi connectivity index (χ3v) is 9.43. The number of pyridine rings is 1. The summed E-state index contributed by atoms with van der Waals surface area (Å²) in [5, 5.41) is 6.96. The smallest absolute Gasteiger partial charge is 0.435 e. The van der Waals surface area contributed by atoms with Gasteiger partial charge < -0.3 is 29.3 Å². The topological polar surface area (TPSA) is 128 Å². The van der Waals surface area contributed by atoms with Crippen LogP contribution in [0.1, 0.15) is 44.7 Å². The molecule has 1 N–H and O–H groups in total. The number of carbonyl (C=O) groups excluding carboxylic acids is 3. The SMILES string of the molecule is C=CCCCCN(C)C(=O)[C@@H]1C[C@H](Oc2cc(-n3ccc(C(F)(F)F)n3)nc3c(Cl)c(OC)ccc23)CN1C(=O)N[C@]1(C(=O)OCC)C[C@H]1C=C. The van der Waals surface area contributed by atoms with Crippen LogP contribution in [0.15, 0.2) is 55.8 Å². The van der Waals surface area contributed by atoms with Crippen LogP contribution in [-0.2, 0) is 20.5 Å². The average Bonchev–Trinajstić information content (AvgIpc) is 3.39. The van der Waals surface area contributed by atoms with Gasteiger partial charge in [0.15, 0.2) is 11.5 Å². The van der Waals surface area contributed by atoms with E-state index in [4.69, 9.17) is 25.8 Å². The maximum Gasteiger partial charge on any atom is 0.435 e. The van der Waals surface area contributed by atoms with Crippen molar-refractivity contribution < 1.29 is 41.8 Å². The van der Waals surface area contributed by atoms with Crippen molar-refractivity contribution in [2.45, 2.75) is 62.9 Å². The zero-order chi connectivity index (χ0) is 37.1. The molecule has 0 unspecified atom stereocenters. The van der Waals surface area contributed by atoms with Crippen LogP contribution >= 0.6 is 11.6 Å². The molecule has 1 saturated heterocycles. The van der Waals surface area contributed by atoms with Gasteiger partial charge in [-0.2, -0.15) is 18.3 Å². The standard InChI is InChI=1S/C35H40ClF3N6O6/c1-6-9-10-11-15-43(4)31(46)24-17-22(20-44(24)33(48)41-34(19-21(34)7-2)32(47)50-8-3)51-26-18-28(45-16-14-27(42-45)35(37,38)39)40-30-23(26)12-13-25(49-5)29(30)36/h6-7,12-14,16,18,21-22,24H,1-2,8-11,15,17,19-20H2,3-5H3,(H,41,48)/t21-,22+,24+,34-/m1/s1. The average molecular weight is 733 g/mol. The Morgan fingerprint density at radius 2 is 1.96 bits per heavy atom. The summed E-state index contributed by atoms with van der Waals surface area (Å²) >= 11 is 6.62. The van der Waals surface area contributed by atoms with Gasteiger partial charge in [-0.3, -0.25) is 4.79 Å². The van der Waals surface area contributed by atoms with Crippen molar-refractivity contribution in [3.8, 4) is 17.3 Å². The minimum Gasteiger partial charge on any atom is -0.495 e. The van der Waals surface area contributed by atoms with E-state index in [-0.39, 0.29) is 59.3 Å². The van der Waals surface area contributed by atoms with Gasteiger partial charge in [-0.25, -0.2) is 19.3 Å². The summed E-state index contributed by atoms with van der Waals surface area (Å²) in [5.41, 5.74) is -2.25. The summed E-state index contributed by atoms with van der Waals surface area (Å²) in [6.45, 7) is 9.67. The number of likely N-dealkylation sites (tertiary alicyclic amines) is 1. The first-order valence-electron chi connectivity index (χ1n) is 16.5. The molecule has 1 aromatic carbocycles. The van der Waals surface area contributed by atoms with E-state index in [0.717, 1.165) is 36.2 Å². The number of rotatable bonds is 14. The molecule has 51 heavy (non-hydrogen) atoms. The summed E-state index contributed by atoms with van der Waals surface area (Å²) in [5.74, 6) is -0.830. The molecule has 4 atom stereocenters. The number of nitrogens with zero attached hydrogens (tertiary/aromatic N) is 5. The highest BCUT2D eigenvalue weighted by Gasteiger charge is 2.62. The number of alkyl halides is 3. The lowest BCUT2D eigenvalue weighted by molar-refractivity contribution is -0.147. The quantitative estimate of drug-likeness (QED) is 0.122. The first-order chi connectivity index (χ1) is 24.3. The van der Waals surface area contributed by atoms with E-state index in [9.17, 15) is 27.6 Å². The molecule has 0 radical (unpaired) electrons. The second kappa shape index (κ2) is 15.2. The molecular formula is C35H40ClF3N6O6. The van der Waals surface area contributed by atoms with Crippen LogP contribution in [0, 0.1) is 5.92 Å². The molecule has 3 amide bonds. The van der Waals surface area contributed by atoms with Crippen molar-refractivity contribution in [1.29, 1.82) is 0 Å². The molecular weight excluding hydrogens is 693 g/mol.